The van der Waals surface area contributed by atoms with Crippen molar-refractivity contribution in [3.05, 3.63) is 52.0 Å². The lowest BCUT2D eigenvalue weighted by Gasteiger charge is -2.12. The summed E-state index contributed by atoms with van der Waals surface area (Å²) in [5.41, 5.74) is 2.59. The van der Waals surface area contributed by atoms with Gasteiger partial charge in [-0.15, -0.1) is 0 Å². The van der Waals surface area contributed by atoms with Crippen LogP contribution in [-0.4, -0.2) is 18.9 Å². The fourth-order valence-corrected chi connectivity index (χ4v) is 2.44. The zero-order valence-electron chi connectivity index (χ0n) is 13.1. The smallest absolute Gasteiger partial charge is 0.259 e. The topological polar surface area (TPSA) is 67.4 Å². The molecule has 0 atom stereocenters. The summed E-state index contributed by atoms with van der Waals surface area (Å²) in [6.07, 6.45) is 0. The van der Waals surface area contributed by atoms with E-state index in [1.54, 1.807) is 30.3 Å². The lowest BCUT2D eigenvalue weighted by molar-refractivity contribution is -0.114. The normalized spacial score (nSPS) is 10.1. The number of carbonyl (C=O) groups excluding carboxylic acids is 2. The van der Waals surface area contributed by atoms with Crippen LogP contribution in [-0.2, 0) is 4.79 Å². The van der Waals surface area contributed by atoms with E-state index in [9.17, 15) is 9.59 Å². The van der Waals surface area contributed by atoms with Crippen LogP contribution in [0.1, 0.15) is 22.8 Å². The molecule has 120 valence electrons. The molecule has 6 heteroatoms. The quantitative estimate of drug-likeness (QED) is 0.847. The van der Waals surface area contributed by atoms with Gasteiger partial charge in [0.15, 0.2) is 0 Å². The van der Waals surface area contributed by atoms with Crippen LogP contribution in [0.15, 0.2) is 40.9 Å². The van der Waals surface area contributed by atoms with Gasteiger partial charge >= 0.3 is 0 Å². The number of aryl methyl sites for hydroxylation is 1. The Morgan fingerprint density at radius 2 is 1.83 bits per heavy atom. The number of anilines is 2. The third kappa shape index (κ3) is 4.32. The van der Waals surface area contributed by atoms with Crippen molar-refractivity contribution in [2.75, 3.05) is 17.7 Å². The van der Waals surface area contributed by atoms with Crippen LogP contribution < -0.4 is 15.4 Å². The third-order valence-corrected chi connectivity index (χ3v) is 3.71. The lowest BCUT2D eigenvalue weighted by Crippen LogP contribution is -2.14. The number of hydrogen-bond acceptors (Lipinski definition) is 3. The van der Waals surface area contributed by atoms with Gasteiger partial charge in [0, 0.05) is 22.8 Å². The Kier molecular flexibility index (Phi) is 5.39. The van der Waals surface area contributed by atoms with E-state index >= 15 is 0 Å². The molecule has 0 spiro atoms. The number of halogens is 1. The van der Waals surface area contributed by atoms with E-state index < -0.39 is 0 Å². The summed E-state index contributed by atoms with van der Waals surface area (Å²) in [5.74, 6) is 0.0332. The largest absolute Gasteiger partial charge is 0.496 e. The highest BCUT2D eigenvalue weighted by Crippen LogP contribution is 2.25. The maximum Gasteiger partial charge on any atom is 0.259 e. The molecule has 0 saturated heterocycles. The summed E-state index contributed by atoms with van der Waals surface area (Å²) in [7, 11) is 1.51. The minimum Gasteiger partial charge on any atom is -0.496 e. The Hall–Kier alpha value is -2.34. The van der Waals surface area contributed by atoms with Crippen LogP contribution >= 0.6 is 15.9 Å². The van der Waals surface area contributed by atoms with Gasteiger partial charge in [-0.1, -0.05) is 22.0 Å². The van der Waals surface area contributed by atoms with E-state index in [0.717, 1.165) is 10.0 Å². The Bertz CT molecular complexity index is 759. The van der Waals surface area contributed by atoms with Crippen LogP contribution in [0, 0.1) is 6.92 Å². The van der Waals surface area contributed by atoms with Crippen molar-refractivity contribution in [3.8, 4) is 5.75 Å². The second-order valence-corrected chi connectivity index (χ2v) is 5.93. The monoisotopic (exact) mass is 376 g/mol. The molecule has 0 heterocycles. The van der Waals surface area contributed by atoms with Crippen molar-refractivity contribution in [1.29, 1.82) is 0 Å². The van der Waals surface area contributed by atoms with Gasteiger partial charge in [0.25, 0.3) is 5.91 Å². The Labute approximate surface area is 143 Å². The van der Waals surface area contributed by atoms with Gasteiger partial charge in [-0.2, -0.15) is 0 Å². The highest BCUT2D eigenvalue weighted by molar-refractivity contribution is 9.10. The number of amides is 2. The fourth-order valence-electron chi connectivity index (χ4n) is 2.08. The summed E-state index contributed by atoms with van der Waals surface area (Å²) in [6.45, 7) is 3.32. The maximum absolute atomic E-state index is 12.5. The predicted molar refractivity (Wildman–Crippen MR) is 94.1 cm³/mol. The van der Waals surface area contributed by atoms with E-state index in [2.05, 4.69) is 26.6 Å². The van der Waals surface area contributed by atoms with Crippen molar-refractivity contribution in [1.82, 2.24) is 0 Å². The second-order valence-electron chi connectivity index (χ2n) is 5.01. The lowest BCUT2D eigenvalue weighted by atomic mass is 10.1. The molecule has 2 N–H and O–H groups in total. The molecule has 0 aliphatic carbocycles. The summed E-state index contributed by atoms with van der Waals surface area (Å²) >= 11 is 3.34. The minimum atomic E-state index is -0.291. The molecule has 0 aliphatic rings. The van der Waals surface area contributed by atoms with Gasteiger partial charge in [0.1, 0.15) is 5.75 Å². The molecule has 2 amide bonds. The fraction of sp³-hybridized carbons (Fsp3) is 0.176. The second kappa shape index (κ2) is 7.28. The van der Waals surface area contributed by atoms with Crippen LogP contribution in [0.3, 0.4) is 0 Å². The van der Waals surface area contributed by atoms with Gasteiger partial charge in [-0.25, -0.2) is 0 Å². The maximum atomic E-state index is 12.5. The first-order chi connectivity index (χ1) is 10.9. The molecule has 0 radical (unpaired) electrons. The van der Waals surface area contributed by atoms with Crippen molar-refractivity contribution in [2.45, 2.75) is 13.8 Å². The molecule has 0 fully saturated rings. The minimum absolute atomic E-state index is 0.162. The van der Waals surface area contributed by atoms with E-state index in [1.807, 2.05) is 13.0 Å². The van der Waals surface area contributed by atoms with Crippen LogP contribution in [0.2, 0.25) is 0 Å². The molecule has 2 rings (SSSR count). The highest BCUT2D eigenvalue weighted by atomic mass is 79.9. The molecule has 0 aromatic heterocycles. The average Bonchev–Trinajstić information content (AvgIpc) is 2.50. The Balaban J connectivity index is 2.27. The molecule has 5 nitrogen and oxygen atoms in total. The number of rotatable bonds is 4. The number of carbonyl (C=O) groups is 2. The number of ether oxygens (including phenoxy) is 1. The molecule has 0 bridgehead atoms. The van der Waals surface area contributed by atoms with Crippen molar-refractivity contribution in [3.63, 3.8) is 0 Å². The average molecular weight is 377 g/mol. The summed E-state index contributed by atoms with van der Waals surface area (Å²) < 4.78 is 6.00. The van der Waals surface area contributed by atoms with Gasteiger partial charge < -0.3 is 15.4 Å². The first kappa shape index (κ1) is 17.0. The van der Waals surface area contributed by atoms with Gasteiger partial charge in [0.2, 0.25) is 5.91 Å². The van der Waals surface area contributed by atoms with Crippen LogP contribution in [0.4, 0.5) is 11.4 Å². The van der Waals surface area contributed by atoms with Crippen LogP contribution in [0.5, 0.6) is 5.75 Å². The van der Waals surface area contributed by atoms with E-state index in [-0.39, 0.29) is 11.8 Å². The van der Waals surface area contributed by atoms with Gasteiger partial charge in [-0.3, -0.25) is 9.59 Å². The van der Waals surface area contributed by atoms with Crippen LogP contribution in [0.25, 0.3) is 0 Å². The molecule has 0 aliphatic heterocycles. The first-order valence-corrected chi connectivity index (χ1v) is 7.73. The zero-order chi connectivity index (χ0) is 17.0. The molecular weight excluding hydrogens is 360 g/mol. The van der Waals surface area contributed by atoms with Crippen molar-refractivity contribution >= 4 is 39.1 Å². The summed E-state index contributed by atoms with van der Waals surface area (Å²) in [5, 5.41) is 5.55. The van der Waals surface area contributed by atoms with Crippen molar-refractivity contribution < 1.29 is 14.3 Å². The van der Waals surface area contributed by atoms with Gasteiger partial charge in [-0.05, 0) is 42.8 Å². The predicted octanol–water partition coefficient (Wildman–Crippen LogP) is 3.98. The molecule has 2 aromatic carbocycles. The highest BCUT2D eigenvalue weighted by Gasteiger charge is 2.13. The van der Waals surface area contributed by atoms with E-state index in [4.69, 9.17) is 4.74 Å². The molecule has 0 saturated carbocycles. The molecule has 2 aromatic rings. The zero-order valence-corrected chi connectivity index (χ0v) is 14.7. The Morgan fingerprint density at radius 1 is 1.09 bits per heavy atom. The first-order valence-electron chi connectivity index (χ1n) is 6.94. The molecule has 0 unspecified atom stereocenters. The van der Waals surface area contributed by atoms with E-state index in [0.29, 0.717) is 22.7 Å². The summed E-state index contributed by atoms with van der Waals surface area (Å²) in [4.78, 5) is 23.7. The number of hydrogen-bond donors (Lipinski definition) is 2. The van der Waals surface area contributed by atoms with E-state index in [1.165, 1.54) is 14.0 Å². The standard InChI is InChI=1S/C17H17BrN2O3/c1-10-4-6-13(9-15(10)19-11(2)21)20-17(22)14-8-12(18)5-7-16(14)23-3/h4-9H,1-3H3,(H,19,21)(H,20,22). The van der Waals surface area contributed by atoms with Crippen molar-refractivity contribution in [2.24, 2.45) is 0 Å². The third-order valence-electron chi connectivity index (χ3n) is 3.21. The number of benzene rings is 2. The number of nitrogens with one attached hydrogen (secondary N) is 2. The molecular formula is C17H17BrN2O3. The molecule has 23 heavy (non-hydrogen) atoms. The summed E-state index contributed by atoms with van der Waals surface area (Å²) in [6, 6.07) is 10.5. The SMILES string of the molecule is COc1ccc(Br)cc1C(=O)Nc1ccc(C)c(NC(C)=O)c1. The number of methoxy groups -OCH3 is 1. The van der Waals surface area contributed by atoms with Gasteiger partial charge in [0.05, 0.1) is 12.7 Å². The Morgan fingerprint density at radius 3 is 2.48 bits per heavy atom.